The largest absolute Gasteiger partial charge is 0.365 e. The van der Waals surface area contributed by atoms with Crippen molar-refractivity contribution in [2.75, 3.05) is 52.4 Å². The molecule has 0 radical (unpaired) electrons. The Morgan fingerprint density at radius 3 is 2.32 bits per heavy atom. The van der Waals surface area contributed by atoms with Gasteiger partial charge >= 0.3 is 5.70 Å². The molecule has 0 amide bonds. The first-order chi connectivity index (χ1) is 13.8. The molecular weight excluding hydrogens is 348 g/mol. The van der Waals surface area contributed by atoms with E-state index < -0.39 is 0 Å². The van der Waals surface area contributed by atoms with E-state index in [9.17, 15) is 5.26 Å². The monoisotopic (exact) mass is 382 g/mol. The highest BCUT2D eigenvalue weighted by atomic mass is 15.4. The number of nitriles is 1. The summed E-state index contributed by atoms with van der Waals surface area (Å²) in [6, 6.07) is 3.53. The molecule has 0 aromatic rings. The van der Waals surface area contributed by atoms with Crippen molar-refractivity contribution in [3.8, 4) is 6.07 Å². The van der Waals surface area contributed by atoms with Crippen LogP contribution in [0.15, 0.2) is 11.5 Å². The summed E-state index contributed by atoms with van der Waals surface area (Å²) in [7, 11) is 0. The van der Waals surface area contributed by atoms with E-state index in [1.54, 1.807) is 0 Å². The number of allylic oxidation sites excluding steroid dienone is 1. The smallest absolute Gasteiger partial charge is 0.300 e. The van der Waals surface area contributed by atoms with Gasteiger partial charge in [0.1, 0.15) is 5.82 Å². The highest BCUT2D eigenvalue weighted by Gasteiger charge is 2.37. The topological polar surface area (TPSA) is 41.1 Å². The predicted octanol–water partition coefficient (Wildman–Crippen LogP) is 2.72. The zero-order valence-electron chi connectivity index (χ0n) is 17.2. The Morgan fingerprint density at radius 1 is 0.929 bits per heavy atom. The summed E-state index contributed by atoms with van der Waals surface area (Å²) >= 11 is 0. The zero-order chi connectivity index (χ0) is 19.3. The molecule has 6 heteroatoms. The lowest BCUT2D eigenvalue weighted by Gasteiger charge is -2.39. The van der Waals surface area contributed by atoms with Gasteiger partial charge in [0.05, 0.1) is 12.6 Å². The Bertz CT molecular complexity index is 625. The van der Waals surface area contributed by atoms with Gasteiger partial charge in [0.2, 0.25) is 0 Å². The number of piperidine rings is 2. The van der Waals surface area contributed by atoms with Gasteiger partial charge in [0, 0.05) is 44.8 Å². The van der Waals surface area contributed by atoms with E-state index in [0.29, 0.717) is 11.7 Å². The summed E-state index contributed by atoms with van der Waals surface area (Å²) in [4.78, 5) is 13.6. The Morgan fingerprint density at radius 2 is 1.68 bits per heavy atom. The third kappa shape index (κ3) is 4.45. The Labute approximate surface area is 170 Å². The van der Waals surface area contributed by atoms with E-state index in [1.807, 2.05) is 0 Å². The van der Waals surface area contributed by atoms with Crippen LogP contribution in [0.2, 0.25) is 0 Å². The molecule has 3 aliphatic heterocycles. The second-order valence-corrected chi connectivity index (χ2v) is 8.83. The summed E-state index contributed by atoms with van der Waals surface area (Å²) < 4.78 is 0. The second kappa shape index (κ2) is 9.16. The van der Waals surface area contributed by atoms with Crippen molar-refractivity contribution in [1.29, 1.82) is 5.26 Å². The van der Waals surface area contributed by atoms with Crippen molar-refractivity contribution < 1.29 is 0 Å². The lowest BCUT2D eigenvalue weighted by molar-refractivity contribution is 0.132. The molecule has 0 atom stereocenters. The maximum atomic E-state index is 9.58. The summed E-state index contributed by atoms with van der Waals surface area (Å²) in [5.74, 6) is 0.931. The Balaban J connectivity index is 1.36. The molecule has 0 bridgehead atoms. The van der Waals surface area contributed by atoms with Gasteiger partial charge in [-0.3, -0.25) is 0 Å². The molecule has 0 aromatic heterocycles. The van der Waals surface area contributed by atoms with Gasteiger partial charge in [-0.2, -0.15) is 0 Å². The van der Waals surface area contributed by atoms with Crippen LogP contribution in [0.5, 0.6) is 0 Å². The third-order valence-corrected chi connectivity index (χ3v) is 6.97. The van der Waals surface area contributed by atoms with E-state index in [4.69, 9.17) is 6.57 Å². The van der Waals surface area contributed by atoms with Crippen molar-refractivity contribution in [1.82, 2.24) is 19.6 Å². The standard InChI is InChI=1S/C22H34N6/c1-24-21(18-23)22-27(13-5-12-25-10-3-2-4-11-25)16-17-28(22)20-8-14-26(15-9-20)19-6-7-19/h19-20H,2-17H2/b22-21+. The molecule has 152 valence electrons. The summed E-state index contributed by atoms with van der Waals surface area (Å²) in [5.41, 5.74) is 0.292. The van der Waals surface area contributed by atoms with Crippen LogP contribution in [0.25, 0.3) is 4.85 Å². The normalized spacial score (nSPS) is 26.9. The Kier molecular flexibility index (Phi) is 6.40. The minimum Gasteiger partial charge on any atom is -0.365 e. The summed E-state index contributed by atoms with van der Waals surface area (Å²) in [6.07, 6.45) is 10.2. The highest BCUT2D eigenvalue weighted by Crippen LogP contribution is 2.33. The van der Waals surface area contributed by atoms with E-state index in [2.05, 4.69) is 30.5 Å². The molecule has 1 saturated carbocycles. The first-order valence-corrected chi connectivity index (χ1v) is 11.3. The third-order valence-electron chi connectivity index (χ3n) is 6.97. The van der Waals surface area contributed by atoms with Crippen LogP contribution < -0.4 is 0 Å². The van der Waals surface area contributed by atoms with E-state index in [0.717, 1.165) is 44.5 Å². The molecule has 6 nitrogen and oxygen atoms in total. The number of hydrogen-bond donors (Lipinski definition) is 0. The highest BCUT2D eigenvalue weighted by molar-refractivity contribution is 5.34. The number of nitrogens with zero attached hydrogens (tertiary/aromatic N) is 6. The molecule has 28 heavy (non-hydrogen) atoms. The summed E-state index contributed by atoms with van der Waals surface area (Å²) in [6.45, 7) is 16.4. The van der Waals surface area contributed by atoms with Gasteiger partial charge < -0.3 is 19.6 Å². The van der Waals surface area contributed by atoms with Crippen molar-refractivity contribution in [2.45, 2.75) is 63.5 Å². The van der Waals surface area contributed by atoms with Crippen LogP contribution >= 0.6 is 0 Å². The molecule has 4 fully saturated rings. The van der Waals surface area contributed by atoms with Gasteiger partial charge in [-0.15, -0.1) is 0 Å². The van der Waals surface area contributed by atoms with Crippen LogP contribution in [-0.2, 0) is 0 Å². The molecule has 4 aliphatic rings. The molecule has 0 aromatic carbocycles. The molecule has 0 N–H and O–H groups in total. The summed E-state index contributed by atoms with van der Waals surface area (Å²) in [5, 5.41) is 9.58. The fraction of sp³-hybridized carbons (Fsp3) is 0.818. The first kappa shape index (κ1) is 19.6. The van der Waals surface area contributed by atoms with Crippen LogP contribution in [0.3, 0.4) is 0 Å². The zero-order valence-corrected chi connectivity index (χ0v) is 17.2. The molecule has 4 rings (SSSR count). The maximum Gasteiger partial charge on any atom is 0.300 e. The molecule has 3 saturated heterocycles. The predicted molar refractivity (Wildman–Crippen MR) is 110 cm³/mol. The average Bonchev–Trinajstić information content (AvgIpc) is 3.52. The minimum absolute atomic E-state index is 0.292. The quantitative estimate of drug-likeness (QED) is 0.522. The fourth-order valence-corrected chi connectivity index (χ4v) is 5.28. The van der Waals surface area contributed by atoms with Crippen LogP contribution in [0, 0.1) is 17.9 Å². The number of rotatable bonds is 6. The van der Waals surface area contributed by atoms with Gasteiger partial charge in [-0.25, -0.2) is 10.1 Å². The van der Waals surface area contributed by atoms with Crippen molar-refractivity contribution >= 4 is 0 Å². The lowest BCUT2D eigenvalue weighted by Crippen LogP contribution is -2.44. The molecule has 3 heterocycles. The van der Waals surface area contributed by atoms with Crippen LogP contribution in [-0.4, -0.2) is 84.0 Å². The first-order valence-electron chi connectivity index (χ1n) is 11.3. The van der Waals surface area contributed by atoms with Crippen LogP contribution in [0.4, 0.5) is 0 Å². The molecular formula is C22H34N6. The fourth-order valence-electron chi connectivity index (χ4n) is 5.28. The minimum atomic E-state index is 0.292. The Hall–Kier alpha value is -1.76. The maximum absolute atomic E-state index is 9.58. The van der Waals surface area contributed by atoms with Gasteiger partial charge in [-0.1, -0.05) is 6.42 Å². The average molecular weight is 383 g/mol. The SMILES string of the molecule is [C-]#[N+]/C(C#N)=C1\N(CCCN2CCCCC2)CCN1C1CCN(C2CC2)CC1. The van der Waals surface area contributed by atoms with E-state index in [-0.39, 0.29) is 0 Å². The van der Waals surface area contributed by atoms with Gasteiger partial charge in [-0.05, 0) is 64.6 Å². The number of hydrogen-bond acceptors (Lipinski definition) is 5. The molecule has 1 aliphatic carbocycles. The second-order valence-electron chi connectivity index (χ2n) is 8.83. The lowest BCUT2D eigenvalue weighted by atomic mass is 10.0. The van der Waals surface area contributed by atoms with Gasteiger partial charge in [0.15, 0.2) is 0 Å². The van der Waals surface area contributed by atoms with Crippen molar-refractivity contribution in [3.63, 3.8) is 0 Å². The van der Waals surface area contributed by atoms with Crippen molar-refractivity contribution in [2.24, 2.45) is 0 Å². The van der Waals surface area contributed by atoms with Crippen molar-refractivity contribution in [3.05, 3.63) is 22.9 Å². The molecule has 0 unspecified atom stereocenters. The number of likely N-dealkylation sites (tertiary alicyclic amines) is 2. The van der Waals surface area contributed by atoms with Gasteiger partial charge in [0.25, 0.3) is 0 Å². The molecule has 0 spiro atoms. The van der Waals surface area contributed by atoms with E-state index in [1.165, 1.54) is 71.1 Å². The van der Waals surface area contributed by atoms with E-state index >= 15 is 0 Å². The van der Waals surface area contributed by atoms with Crippen LogP contribution in [0.1, 0.15) is 51.4 Å².